The van der Waals surface area contributed by atoms with Crippen LogP contribution in [0.4, 0.5) is 17.5 Å². The second-order valence-corrected chi connectivity index (χ2v) is 11.2. The molecule has 7 nitrogen and oxygen atoms in total. The molecular weight excluding hydrogens is 424 g/mol. The lowest BCUT2D eigenvalue weighted by atomic mass is 9.77. The Morgan fingerprint density at radius 2 is 2.00 bits per heavy atom. The number of hydrogen-bond acceptors (Lipinski definition) is 7. The van der Waals surface area contributed by atoms with Gasteiger partial charge in [0.2, 0.25) is 5.95 Å². The van der Waals surface area contributed by atoms with Crippen molar-refractivity contribution in [2.24, 2.45) is 0 Å². The summed E-state index contributed by atoms with van der Waals surface area (Å²) in [5, 5.41) is 10.3. The van der Waals surface area contributed by atoms with Crippen LogP contribution in [0.15, 0.2) is 24.4 Å². The highest BCUT2D eigenvalue weighted by molar-refractivity contribution is 7.91. The topological polar surface area (TPSA) is 109 Å². The Morgan fingerprint density at radius 1 is 1.30 bits per heavy atom. The maximum Gasteiger partial charge on any atom is 0.222 e. The van der Waals surface area contributed by atoms with Gasteiger partial charge < -0.3 is 15.7 Å². The smallest absolute Gasteiger partial charge is 0.222 e. The Morgan fingerprint density at radius 3 is 2.67 bits per heavy atom. The summed E-state index contributed by atoms with van der Waals surface area (Å²) < 4.78 is 24.1. The van der Waals surface area contributed by atoms with Crippen molar-refractivity contribution < 1.29 is 13.5 Å². The lowest BCUT2D eigenvalue weighted by Crippen LogP contribution is -2.40. The average Bonchev–Trinajstić information content (AvgIpc) is 2.98. The molecule has 4 rings (SSSR count). The van der Waals surface area contributed by atoms with Crippen LogP contribution in [0.25, 0.3) is 0 Å². The van der Waals surface area contributed by atoms with Crippen molar-refractivity contribution in [2.75, 3.05) is 28.7 Å². The molecule has 0 unspecified atom stereocenters. The maximum atomic E-state index is 12.1. The van der Waals surface area contributed by atoms with Crippen molar-refractivity contribution in [1.29, 1.82) is 0 Å². The molecule has 1 fully saturated rings. The third-order valence-electron chi connectivity index (χ3n) is 5.62. The van der Waals surface area contributed by atoms with Gasteiger partial charge >= 0.3 is 0 Å². The Balaban J connectivity index is 1.84. The zero-order valence-electron chi connectivity index (χ0n) is 16.8. The molecule has 1 aromatic heterocycles. The van der Waals surface area contributed by atoms with E-state index in [2.05, 4.69) is 21.8 Å². The number of fused-ring (bicyclic) bond motifs is 2. The van der Waals surface area contributed by atoms with Crippen LogP contribution in [-0.2, 0) is 15.3 Å². The highest BCUT2D eigenvalue weighted by Gasteiger charge is 2.47. The summed E-state index contributed by atoms with van der Waals surface area (Å²) in [6.45, 7) is 3.80. The number of hydrogen-bond donors (Lipinski definition) is 2. The number of aromatic nitrogens is 2. The first-order valence-corrected chi connectivity index (χ1v) is 11.8. The Kier molecular flexibility index (Phi) is 4.96. The zero-order valence-corrected chi connectivity index (χ0v) is 18.4. The number of nitrogens with two attached hydrogens (primary N) is 1. The minimum Gasteiger partial charge on any atom is -0.378 e. The van der Waals surface area contributed by atoms with Gasteiger partial charge in [0.05, 0.1) is 17.7 Å². The van der Waals surface area contributed by atoms with Crippen LogP contribution >= 0.6 is 11.6 Å². The summed E-state index contributed by atoms with van der Waals surface area (Å²) in [7, 11) is -3.02. The minimum atomic E-state index is -3.02. The molecule has 1 aromatic carbocycles. The first-order chi connectivity index (χ1) is 14.0. The van der Waals surface area contributed by atoms with Crippen molar-refractivity contribution in [1.82, 2.24) is 9.97 Å². The molecule has 0 aliphatic carbocycles. The van der Waals surface area contributed by atoms with Gasteiger partial charge in [-0.25, -0.2) is 13.4 Å². The van der Waals surface area contributed by atoms with Crippen LogP contribution in [0.2, 0.25) is 5.02 Å². The van der Waals surface area contributed by atoms with Crippen molar-refractivity contribution in [2.45, 2.75) is 37.7 Å². The summed E-state index contributed by atoms with van der Waals surface area (Å²) in [6, 6.07) is 5.84. The van der Waals surface area contributed by atoms with Gasteiger partial charge in [-0.1, -0.05) is 29.5 Å². The van der Waals surface area contributed by atoms with Crippen LogP contribution in [0.3, 0.4) is 0 Å². The number of benzene rings is 1. The molecule has 2 aromatic rings. The van der Waals surface area contributed by atoms with Gasteiger partial charge in [-0.05, 0) is 44.4 Å². The van der Waals surface area contributed by atoms with Crippen LogP contribution in [0.1, 0.15) is 37.8 Å². The van der Waals surface area contributed by atoms with Gasteiger partial charge in [0, 0.05) is 23.2 Å². The molecule has 1 spiro atoms. The predicted molar refractivity (Wildman–Crippen MR) is 118 cm³/mol. The molecule has 0 atom stereocenters. The lowest BCUT2D eigenvalue weighted by molar-refractivity contribution is 0.143. The van der Waals surface area contributed by atoms with E-state index in [-0.39, 0.29) is 22.9 Å². The summed E-state index contributed by atoms with van der Waals surface area (Å²) in [4.78, 5) is 10.3. The van der Waals surface area contributed by atoms with Gasteiger partial charge in [0.25, 0.3) is 0 Å². The van der Waals surface area contributed by atoms with Gasteiger partial charge in [-0.3, -0.25) is 0 Å². The Labute approximate surface area is 181 Å². The molecule has 3 N–H and O–H groups in total. The fraction of sp³-hybridized carbons (Fsp3) is 0.429. The fourth-order valence-electron chi connectivity index (χ4n) is 4.09. The minimum absolute atomic E-state index is 0.112. The van der Waals surface area contributed by atoms with E-state index in [1.165, 1.54) is 6.20 Å². The first kappa shape index (κ1) is 20.9. The average molecular weight is 447 g/mol. The van der Waals surface area contributed by atoms with Crippen molar-refractivity contribution in [3.05, 3.63) is 40.5 Å². The first-order valence-electron chi connectivity index (χ1n) is 9.64. The Hall–Kier alpha value is -2.34. The van der Waals surface area contributed by atoms with Crippen molar-refractivity contribution in [3.63, 3.8) is 0 Å². The van der Waals surface area contributed by atoms with E-state index < -0.39 is 15.4 Å². The Bertz CT molecular complexity index is 1160. The SMILES string of the molecule is CC(C)(O)C#Cc1ccc2c(c1)N(c1nc(N)ncc1Cl)CC21CCS(=O)(=O)CC1. The predicted octanol–water partition coefficient (Wildman–Crippen LogP) is 2.43. The lowest BCUT2D eigenvalue weighted by Gasteiger charge is -2.34. The number of rotatable bonds is 1. The second kappa shape index (κ2) is 7.12. The molecule has 0 saturated carbocycles. The molecule has 2 aliphatic rings. The third kappa shape index (κ3) is 3.97. The zero-order chi connectivity index (χ0) is 21.7. The number of nitrogens with zero attached hydrogens (tertiary/aromatic N) is 3. The van der Waals surface area contributed by atoms with Gasteiger partial charge in [-0.2, -0.15) is 4.98 Å². The van der Waals surface area contributed by atoms with Crippen LogP contribution in [0, 0.1) is 11.8 Å². The highest BCUT2D eigenvalue weighted by Crippen LogP contribution is 2.50. The molecular formula is C21H23ClN4O3S. The largest absolute Gasteiger partial charge is 0.378 e. The molecule has 1 saturated heterocycles. The molecule has 0 bridgehead atoms. The number of anilines is 3. The summed E-state index contributed by atoms with van der Waals surface area (Å²) in [5.74, 6) is 6.73. The highest BCUT2D eigenvalue weighted by atomic mass is 35.5. The fourth-order valence-corrected chi connectivity index (χ4v) is 5.89. The van der Waals surface area contributed by atoms with Gasteiger partial charge in [-0.15, -0.1) is 0 Å². The van der Waals surface area contributed by atoms with Gasteiger partial charge in [0.15, 0.2) is 5.82 Å². The normalized spacial score (nSPS) is 19.3. The van der Waals surface area contributed by atoms with Crippen LogP contribution in [0.5, 0.6) is 0 Å². The summed E-state index contributed by atoms with van der Waals surface area (Å²) >= 11 is 6.40. The molecule has 30 heavy (non-hydrogen) atoms. The molecule has 158 valence electrons. The number of halogens is 1. The number of aliphatic hydroxyl groups is 1. The molecule has 2 aliphatic heterocycles. The van der Waals surface area contributed by atoms with E-state index in [9.17, 15) is 13.5 Å². The molecule has 0 radical (unpaired) electrons. The van der Waals surface area contributed by atoms with Crippen molar-refractivity contribution in [3.8, 4) is 11.8 Å². The van der Waals surface area contributed by atoms with Crippen molar-refractivity contribution >= 4 is 38.9 Å². The van der Waals surface area contributed by atoms with Gasteiger partial charge in [0.1, 0.15) is 20.5 Å². The number of nitrogen functional groups attached to an aromatic ring is 1. The van der Waals surface area contributed by atoms with E-state index in [0.29, 0.717) is 30.2 Å². The van der Waals surface area contributed by atoms with E-state index >= 15 is 0 Å². The van der Waals surface area contributed by atoms with Crippen LogP contribution < -0.4 is 10.6 Å². The molecule has 3 heterocycles. The molecule has 0 amide bonds. The van der Waals surface area contributed by atoms with Crippen LogP contribution in [-0.4, -0.2) is 47.1 Å². The van der Waals surface area contributed by atoms with E-state index in [0.717, 1.165) is 16.8 Å². The quantitative estimate of drug-likeness (QED) is 0.647. The summed E-state index contributed by atoms with van der Waals surface area (Å²) in [6.07, 6.45) is 2.53. The van der Waals surface area contributed by atoms with E-state index in [1.54, 1.807) is 13.8 Å². The molecule has 9 heteroatoms. The second-order valence-electron chi connectivity index (χ2n) is 8.46. The standard InChI is InChI=1S/C21H23ClN4O3S/c1-20(2,27)6-5-14-3-4-15-17(11-14)26(18-16(22)12-24-19(23)25-18)13-21(15)7-9-30(28,29)10-8-21/h3-4,11-12,27H,7-10,13H2,1-2H3,(H2,23,24,25). The van der Waals surface area contributed by atoms with E-state index in [4.69, 9.17) is 17.3 Å². The van der Waals surface area contributed by atoms with E-state index in [1.807, 2.05) is 23.1 Å². The third-order valence-corrected chi connectivity index (χ3v) is 7.54. The number of sulfone groups is 1. The monoisotopic (exact) mass is 446 g/mol. The maximum absolute atomic E-state index is 12.1. The summed E-state index contributed by atoms with van der Waals surface area (Å²) in [5.41, 5.74) is 7.05.